The Bertz CT molecular complexity index is 299. The van der Waals surface area contributed by atoms with Crippen molar-refractivity contribution in [2.45, 2.75) is 13.8 Å². The van der Waals surface area contributed by atoms with E-state index in [9.17, 15) is 0 Å². The van der Waals surface area contributed by atoms with Crippen LogP contribution in [-0.2, 0) is 0 Å². The van der Waals surface area contributed by atoms with E-state index in [4.69, 9.17) is 21.6 Å². The van der Waals surface area contributed by atoms with E-state index in [-0.39, 0.29) is 0 Å². The van der Waals surface area contributed by atoms with E-state index in [1.165, 1.54) is 0 Å². The van der Waals surface area contributed by atoms with Gasteiger partial charge in [0.25, 0.3) is 0 Å². The van der Waals surface area contributed by atoms with Crippen LogP contribution in [0.15, 0.2) is 12.1 Å². The van der Waals surface area contributed by atoms with E-state index in [0.29, 0.717) is 10.5 Å². The van der Waals surface area contributed by atoms with Crippen LogP contribution in [0.5, 0.6) is 0 Å². The van der Waals surface area contributed by atoms with Crippen molar-refractivity contribution in [1.82, 2.24) is 0 Å². The van der Waals surface area contributed by atoms with Crippen molar-refractivity contribution in [1.29, 1.82) is 0 Å². The summed E-state index contributed by atoms with van der Waals surface area (Å²) in [6.07, 6.45) is 0. The van der Waals surface area contributed by atoms with Crippen LogP contribution in [-0.4, -0.2) is 17.2 Å². The molecule has 2 N–H and O–H groups in total. The molecular weight excluding hydrogens is 174 g/mol. The first-order chi connectivity index (χ1) is 5.52. The smallest absolute Gasteiger partial charge is 0.423 e. The van der Waals surface area contributed by atoms with Gasteiger partial charge >= 0.3 is 7.12 Å². The number of hydrogen-bond donors (Lipinski definition) is 2. The van der Waals surface area contributed by atoms with Gasteiger partial charge in [0.2, 0.25) is 0 Å². The van der Waals surface area contributed by atoms with Crippen molar-refractivity contribution < 1.29 is 10.0 Å². The third-order valence-corrected chi connectivity index (χ3v) is 2.23. The zero-order valence-corrected chi connectivity index (χ0v) is 7.76. The van der Waals surface area contributed by atoms with E-state index < -0.39 is 7.12 Å². The van der Waals surface area contributed by atoms with Gasteiger partial charge in [-0.25, -0.2) is 0 Å². The molecule has 0 aromatic heterocycles. The largest absolute Gasteiger partial charge is 0.488 e. The molecule has 0 radical (unpaired) electrons. The summed E-state index contributed by atoms with van der Waals surface area (Å²) in [6.45, 7) is 3.62. The average molecular weight is 184 g/mol. The molecule has 1 aromatic carbocycles. The summed E-state index contributed by atoms with van der Waals surface area (Å²) in [5.41, 5.74) is 2.16. The molecule has 64 valence electrons. The second-order valence-corrected chi connectivity index (χ2v) is 3.24. The lowest BCUT2D eigenvalue weighted by molar-refractivity contribution is 0.425. The normalized spacial score (nSPS) is 10.1. The molecule has 0 atom stereocenters. The molecule has 0 unspecified atom stereocenters. The summed E-state index contributed by atoms with van der Waals surface area (Å²) in [6, 6.07) is 3.41. The van der Waals surface area contributed by atoms with Crippen LogP contribution in [0, 0.1) is 13.8 Å². The number of rotatable bonds is 1. The first kappa shape index (κ1) is 9.58. The van der Waals surface area contributed by atoms with Crippen LogP contribution in [0.2, 0.25) is 5.02 Å². The maximum Gasteiger partial charge on any atom is 0.488 e. The molecule has 0 fully saturated rings. The van der Waals surface area contributed by atoms with Crippen LogP contribution in [0.1, 0.15) is 11.1 Å². The Balaban J connectivity index is 3.23. The van der Waals surface area contributed by atoms with Crippen molar-refractivity contribution in [3.8, 4) is 0 Å². The molecule has 1 rings (SSSR count). The molecule has 1 aromatic rings. The van der Waals surface area contributed by atoms with Gasteiger partial charge in [-0.2, -0.15) is 0 Å². The highest BCUT2D eigenvalue weighted by Crippen LogP contribution is 2.14. The Morgan fingerprint density at radius 3 is 2.25 bits per heavy atom. The number of benzene rings is 1. The topological polar surface area (TPSA) is 40.5 Å². The lowest BCUT2D eigenvalue weighted by Gasteiger charge is -2.06. The molecule has 0 aliphatic heterocycles. The Labute approximate surface area is 76.9 Å². The number of aryl methyl sites for hydroxylation is 2. The Hall–Kier alpha value is -0.505. The summed E-state index contributed by atoms with van der Waals surface area (Å²) >= 11 is 5.83. The van der Waals surface area contributed by atoms with Crippen molar-refractivity contribution in [3.63, 3.8) is 0 Å². The lowest BCUT2D eigenvalue weighted by Crippen LogP contribution is -2.32. The van der Waals surface area contributed by atoms with Crippen LogP contribution in [0.3, 0.4) is 0 Å². The Kier molecular flexibility index (Phi) is 2.78. The second-order valence-electron chi connectivity index (χ2n) is 2.83. The van der Waals surface area contributed by atoms with E-state index in [2.05, 4.69) is 0 Å². The monoisotopic (exact) mass is 184 g/mol. The zero-order chi connectivity index (χ0) is 9.30. The second kappa shape index (κ2) is 3.48. The summed E-state index contributed by atoms with van der Waals surface area (Å²) in [5, 5.41) is 18.5. The van der Waals surface area contributed by atoms with Crippen molar-refractivity contribution in [2.24, 2.45) is 0 Å². The highest BCUT2D eigenvalue weighted by molar-refractivity contribution is 6.59. The maximum atomic E-state index is 8.93. The van der Waals surface area contributed by atoms with Gasteiger partial charge in [0, 0.05) is 5.02 Å². The molecule has 0 heterocycles. The van der Waals surface area contributed by atoms with Crippen LogP contribution < -0.4 is 5.46 Å². The molecule has 0 aliphatic rings. The summed E-state index contributed by atoms with van der Waals surface area (Å²) in [4.78, 5) is 0. The minimum Gasteiger partial charge on any atom is -0.423 e. The van der Waals surface area contributed by atoms with Crippen molar-refractivity contribution in [2.75, 3.05) is 0 Å². The molecule has 2 nitrogen and oxygen atoms in total. The molecule has 0 saturated carbocycles. The first-order valence-corrected chi connectivity index (χ1v) is 4.03. The fourth-order valence-electron chi connectivity index (χ4n) is 1.08. The fourth-order valence-corrected chi connectivity index (χ4v) is 1.30. The Morgan fingerprint density at radius 2 is 1.75 bits per heavy atom. The van der Waals surface area contributed by atoms with Gasteiger partial charge in [-0.3, -0.25) is 0 Å². The molecule has 0 aliphatic carbocycles. The van der Waals surface area contributed by atoms with E-state index in [1.54, 1.807) is 19.1 Å². The average Bonchev–Trinajstić information content (AvgIpc) is 1.96. The third-order valence-electron chi connectivity index (χ3n) is 1.83. The van der Waals surface area contributed by atoms with Crippen LogP contribution >= 0.6 is 11.6 Å². The highest BCUT2D eigenvalue weighted by Gasteiger charge is 2.14. The van der Waals surface area contributed by atoms with Crippen molar-refractivity contribution in [3.05, 3.63) is 28.3 Å². The van der Waals surface area contributed by atoms with Gasteiger partial charge < -0.3 is 10.0 Å². The SMILES string of the molecule is Cc1cc(B(O)O)c(C)cc1Cl. The predicted octanol–water partition coefficient (Wildman–Crippen LogP) is 0.637. The zero-order valence-electron chi connectivity index (χ0n) is 7.00. The lowest BCUT2D eigenvalue weighted by atomic mass is 9.77. The van der Waals surface area contributed by atoms with Gasteiger partial charge in [-0.05, 0) is 36.5 Å². The molecule has 12 heavy (non-hydrogen) atoms. The molecule has 0 spiro atoms. The van der Waals surface area contributed by atoms with E-state index in [1.807, 2.05) is 6.92 Å². The maximum absolute atomic E-state index is 8.93. The Morgan fingerprint density at radius 1 is 1.17 bits per heavy atom. The van der Waals surface area contributed by atoms with Gasteiger partial charge in [-0.15, -0.1) is 0 Å². The minimum absolute atomic E-state index is 0.511. The number of hydrogen-bond acceptors (Lipinski definition) is 2. The first-order valence-electron chi connectivity index (χ1n) is 3.65. The van der Waals surface area contributed by atoms with E-state index in [0.717, 1.165) is 11.1 Å². The molecular formula is C8H10BClO2. The highest BCUT2D eigenvalue weighted by atomic mass is 35.5. The molecule has 4 heteroatoms. The number of halogens is 1. The quantitative estimate of drug-likeness (QED) is 0.629. The summed E-state index contributed by atoms with van der Waals surface area (Å²) in [5.74, 6) is 0. The van der Waals surface area contributed by atoms with Gasteiger partial charge in [-0.1, -0.05) is 17.7 Å². The molecule has 0 amide bonds. The minimum atomic E-state index is -1.42. The van der Waals surface area contributed by atoms with E-state index >= 15 is 0 Å². The standard InChI is InChI=1S/C8H10BClO2/c1-5-4-8(10)6(2)3-7(5)9(11)12/h3-4,11-12H,1-2H3. The molecule has 0 bridgehead atoms. The van der Waals surface area contributed by atoms with Crippen LogP contribution in [0.4, 0.5) is 0 Å². The van der Waals surface area contributed by atoms with Crippen molar-refractivity contribution >= 4 is 24.2 Å². The summed E-state index contributed by atoms with van der Waals surface area (Å²) < 4.78 is 0. The predicted molar refractivity (Wildman–Crippen MR) is 50.8 cm³/mol. The van der Waals surface area contributed by atoms with Crippen LogP contribution in [0.25, 0.3) is 0 Å². The fraction of sp³-hybridized carbons (Fsp3) is 0.250. The van der Waals surface area contributed by atoms with Gasteiger partial charge in [0.05, 0.1) is 0 Å². The molecule has 0 saturated heterocycles. The third kappa shape index (κ3) is 1.80. The summed E-state index contributed by atoms with van der Waals surface area (Å²) in [7, 11) is -1.42. The van der Waals surface area contributed by atoms with Gasteiger partial charge in [0.1, 0.15) is 0 Å². The van der Waals surface area contributed by atoms with Gasteiger partial charge in [0.15, 0.2) is 0 Å².